The molecule has 3 aromatic rings. The summed E-state index contributed by atoms with van der Waals surface area (Å²) in [4.78, 5) is 4.44. The zero-order chi connectivity index (χ0) is 16.2. The summed E-state index contributed by atoms with van der Waals surface area (Å²) in [5.74, 6) is 0.517. The van der Waals surface area contributed by atoms with Gasteiger partial charge < -0.3 is 4.42 Å². The number of benzene rings is 2. The lowest BCUT2D eigenvalue weighted by Gasteiger charge is -1.97. The third-order valence-electron chi connectivity index (χ3n) is 2.99. The fourth-order valence-electron chi connectivity index (χ4n) is 1.91. The molecule has 0 unspecified atom stereocenters. The molecule has 23 heavy (non-hydrogen) atoms. The summed E-state index contributed by atoms with van der Waals surface area (Å²) in [6, 6.07) is 16.2. The number of rotatable bonds is 3. The van der Waals surface area contributed by atoms with Crippen molar-refractivity contribution in [1.29, 1.82) is 10.5 Å². The van der Waals surface area contributed by atoms with Crippen LogP contribution in [0.3, 0.4) is 0 Å². The molecular weight excluding hydrogens is 358 g/mol. The summed E-state index contributed by atoms with van der Waals surface area (Å²) in [6.45, 7) is 0. The lowest BCUT2D eigenvalue weighted by atomic mass is 10.2. The summed E-state index contributed by atoms with van der Waals surface area (Å²) in [5.41, 5.74) is 5.17. The number of nitriles is 2. The van der Waals surface area contributed by atoms with E-state index in [1.54, 1.807) is 30.3 Å². The lowest BCUT2D eigenvalue weighted by molar-refractivity contribution is 0.620. The van der Waals surface area contributed by atoms with E-state index in [2.05, 4.69) is 31.4 Å². The predicted octanol–water partition coefficient (Wildman–Crippen LogP) is 4.07. The highest BCUT2D eigenvalue weighted by molar-refractivity contribution is 9.10. The van der Waals surface area contributed by atoms with Crippen LogP contribution in [0.4, 0.5) is 5.69 Å². The van der Waals surface area contributed by atoms with Crippen LogP contribution in [0, 0.1) is 22.7 Å². The van der Waals surface area contributed by atoms with Crippen molar-refractivity contribution in [3.8, 4) is 23.6 Å². The SMILES string of the molecule is N#CC(C#N)=NNc1ccc2oc(-c3ccc(Br)cc3)nc2c1. The number of hydrogen-bond donors (Lipinski definition) is 1. The molecule has 0 fully saturated rings. The van der Waals surface area contributed by atoms with Crippen LogP contribution >= 0.6 is 15.9 Å². The van der Waals surface area contributed by atoms with Gasteiger partial charge in [-0.2, -0.15) is 15.6 Å². The van der Waals surface area contributed by atoms with Gasteiger partial charge in [-0.05, 0) is 42.5 Å². The Balaban J connectivity index is 1.92. The standard InChI is InChI=1S/C16H8BrN5O/c17-11-3-1-10(2-4-11)16-20-14-7-12(5-6-15(14)23-16)21-22-13(8-18)9-19/h1-7,21H. The minimum absolute atomic E-state index is 0.249. The number of nitrogens with one attached hydrogen (secondary N) is 1. The Bertz CT molecular complexity index is 960. The highest BCUT2D eigenvalue weighted by Gasteiger charge is 2.08. The normalized spacial score (nSPS) is 9.87. The van der Waals surface area contributed by atoms with Crippen LogP contribution in [0.25, 0.3) is 22.6 Å². The molecule has 110 valence electrons. The van der Waals surface area contributed by atoms with Crippen LogP contribution in [0.15, 0.2) is 56.5 Å². The van der Waals surface area contributed by atoms with Gasteiger partial charge in [-0.3, -0.25) is 5.43 Å². The smallest absolute Gasteiger partial charge is 0.237 e. The minimum atomic E-state index is -0.249. The molecule has 0 aliphatic rings. The van der Waals surface area contributed by atoms with Gasteiger partial charge in [-0.15, -0.1) is 0 Å². The molecule has 2 aromatic carbocycles. The molecule has 0 spiro atoms. The van der Waals surface area contributed by atoms with Gasteiger partial charge in [-0.1, -0.05) is 15.9 Å². The van der Waals surface area contributed by atoms with Crippen LogP contribution in [0.2, 0.25) is 0 Å². The maximum Gasteiger partial charge on any atom is 0.237 e. The summed E-state index contributed by atoms with van der Waals surface area (Å²) in [6.07, 6.45) is 0. The minimum Gasteiger partial charge on any atom is -0.436 e. The Morgan fingerprint density at radius 2 is 1.87 bits per heavy atom. The van der Waals surface area contributed by atoms with Gasteiger partial charge >= 0.3 is 0 Å². The molecule has 0 bridgehead atoms. The average molecular weight is 366 g/mol. The largest absolute Gasteiger partial charge is 0.436 e. The number of anilines is 1. The molecule has 3 rings (SSSR count). The first kappa shape index (κ1) is 14.8. The van der Waals surface area contributed by atoms with E-state index in [1.165, 1.54) is 0 Å². The van der Waals surface area contributed by atoms with Crippen molar-refractivity contribution in [2.24, 2.45) is 5.10 Å². The van der Waals surface area contributed by atoms with Crippen molar-refractivity contribution in [3.63, 3.8) is 0 Å². The van der Waals surface area contributed by atoms with Crippen LogP contribution in [0.1, 0.15) is 0 Å². The van der Waals surface area contributed by atoms with E-state index in [0.717, 1.165) is 10.0 Å². The van der Waals surface area contributed by atoms with Crippen LogP contribution in [0.5, 0.6) is 0 Å². The number of nitrogens with zero attached hydrogens (tertiary/aromatic N) is 4. The van der Waals surface area contributed by atoms with Crippen LogP contribution < -0.4 is 5.43 Å². The topological polar surface area (TPSA) is 98.0 Å². The average Bonchev–Trinajstić information content (AvgIpc) is 2.99. The van der Waals surface area contributed by atoms with Gasteiger partial charge in [0, 0.05) is 10.0 Å². The number of hydrazone groups is 1. The Morgan fingerprint density at radius 3 is 2.57 bits per heavy atom. The predicted molar refractivity (Wildman–Crippen MR) is 89.4 cm³/mol. The monoisotopic (exact) mass is 365 g/mol. The lowest BCUT2D eigenvalue weighted by Crippen LogP contribution is -1.95. The quantitative estimate of drug-likeness (QED) is 0.557. The van der Waals surface area contributed by atoms with E-state index in [4.69, 9.17) is 14.9 Å². The molecule has 0 saturated carbocycles. The molecule has 0 aliphatic heterocycles. The van der Waals surface area contributed by atoms with Crippen molar-refractivity contribution < 1.29 is 4.42 Å². The van der Waals surface area contributed by atoms with Crippen LogP contribution in [-0.2, 0) is 0 Å². The zero-order valence-electron chi connectivity index (χ0n) is 11.6. The molecule has 0 aliphatic carbocycles. The van der Waals surface area contributed by atoms with E-state index in [1.807, 2.05) is 24.3 Å². The first-order valence-corrected chi connectivity index (χ1v) is 7.29. The van der Waals surface area contributed by atoms with Crippen molar-refractivity contribution in [2.45, 2.75) is 0 Å². The first-order valence-electron chi connectivity index (χ1n) is 6.50. The number of hydrogen-bond acceptors (Lipinski definition) is 6. The summed E-state index contributed by atoms with van der Waals surface area (Å²) < 4.78 is 6.70. The molecule has 0 radical (unpaired) electrons. The van der Waals surface area contributed by atoms with E-state index < -0.39 is 0 Å². The molecule has 0 saturated heterocycles. The fraction of sp³-hybridized carbons (Fsp3) is 0. The van der Waals surface area contributed by atoms with Crippen molar-refractivity contribution in [1.82, 2.24) is 4.98 Å². The van der Waals surface area contributed by atoms with Crippen LogP contribution in [-0.4, -0.2) is 10.7 Å². The Morgan fingerprint density at radius 1 is 1.13 bits per heavy atom. The van der Waals surface area contributed by atoms with E-state index in [-0.39, 0.29) is 5.71 Å². The molecular formula is C16H8BrN5O. The zero-order valence-corrected chi connectivity index (χ0v) is 13.2. The molecule has 7 heteroatoms. The summed E-state index contributed by atoms with van der Waals surface area (Å²) in [5, 5.41) is 21.0. The van der Waals surface area contributed by atoms with Gasteiger partial charge in [0.25, 0.3) is 0 Å². The number of aromatic nitrogens is 1. The van der Waals surface area contributed by atoms with E-state index in [9.17, 15) is 0 Å². The Hall–Kier alpha value is -3.16. The van der Waals surface area contributed by atoms with Gasteiger partial charge in [0.05, 0.1) is 5.69 Å². The molecule has 1 N–H and O–H groups in total. The molecule has 1 heterocycles. The number of oxazole rings is 1. The van der Waals surface area contributed by atoms with Gasteiger partial charge in [0.1, 0.15) is 17.7 Å². The molecule has 6 nitrogen and oxygen atoms in total. The maximum atomic E-state index is 8.65. The van der Waals surface area contributed by atoms with Crippen molar-refractivity contribution >= 4 is 38.4 Å². The highest BCUT2D eigenvalue weighted by Crippen LogP contribution is 2.27. The second-order valence-corrected chi connectivity index (χ2v) is 5.42. The van der Waals surface area contributed by atoms with E-state index in [0.29, 0.717) is 22.7 Å². The van der Waals surface area contributed by atoms with Gasteiger partial charge in [0.2, 0.25) is 11.6 Å². The van der Waals surface area contributed by atoms with E-state index >= 15 is 0 Å². The summed E-state index contributed by atoms with van der Waals surface area (Å²) in [7, 11) is 0. The Kier molecular flexibility index (Phi) is 4.05. The third-order valence-corrected chi connectivity index (χ3v) is 3.52. The fourth-order valence-corrected chi connectivity index (χ4v) is 2.17. The molecule has 0 amide bonds. The number of halogens is 1. The summed E-state index contributed by atoms with van der Waals surface area (Å²) >= 11 is 3.39. The van der Waals surface area contributed by atoms with Crippen molar-refractivity contribution in [2.75, 3.05) is 5.43 Å². The number of fused-ring (bicyclic) bond motifs is 1. The molecule has 1 aromatic heterocycles. The first-order chi connectivity index (χ1) is 11.2. The second kappa shape index (κ2) is 6.30. The molecule has 0 atom stereocenters. The second-order valence-electron chi connectivity index (χ2n) is 4.50. The van der Waals surface area contributed by atoms with Gasteiger partial charge in [0.15, 0.2) is 5.58 Å². The Labute approximate surface area is 139 Å². The van der Waals surface area contributed by atoms with Crippen molar-refractivity contribution in [3.05, 3.63) is 46.9 Å². The highest BCUT2D eigenvalue weighted by atomic mass is 79.9. The van der Waals surface area contributed by atoms with Gasteiger partial charge in [-0.25, -0.2) is 4.98 Å². The maximum absolute atomic E-state index is 8.65. The third kappa shape index (κ3) is 3.20.